The Hall–Kier alpha value is -1.52. The molecule has 0 aliphatic heterocycles. The van der Waals surface area contributed by atoms with Crippen LogP contribution >= 0.6 is 0 Å². The van der Waals surface area contributed by atoms with Gasteiger partial charge >= 0.3 is 0 Å². The van der Waals surface area contributed by atoms with E-state index < -0.39 is 0 Å². The first-order valence-electron chi connectivity index (χ1n) is 4.06. The highest BCUT2D eigenvalue weighted by molar-refractivity contribution is 6.65. The van der Waals surface area contributed by atoms with Gasteiger partial charge in [-0.25, -0.2) is 4.98 Å². The first kappa shape index (κ1) is 8.10. The lowest BCUT2D eigenvalue weighted by Crippen LogP contribution is -2.36. The Bertz CT molecular complexity index is 365. The number of aryl methyl sites for hydroxylation is 2. The lowest BCUT2D eigenvalue weighted by molar-refractivity contribution is 0.932. The van der Waals surface area contributed by atoms with E-state index in [0.29, 0.717) is 0 Å². The van der Waals surface area contributed by atoms with Crippen LogP contribution in [0.5, 0.6) is 0 Å². The van der Waals surface area contributed by atoms with Crippen molar-refractivity contribution in [2.75, 3.05) is 0 Å². The molecule has 0 unspecified atom stereocenters. The summed E-state index contributed by atoms with van der Waals surface area (Å²) in [4.78, 5) is 8.22. The lowest BCUT2D eigenvalue weighted by Gasteiger charge is -2.16. The first-order valence-corrected chi connectivity index (χ1v) is 4.06. The fraction of sp³-hybridized carbons (Fsp3) is 0.250. The summed E-state index contributed by atoms with van der Waals surface area (Å²) in [5.41, 5.74) is 1.98. The van der Waals surface area contributed by atoms with E-state index in [0.717, 1.165) is 11.3 Å². The summed E-state index contributed by atoms with van der Waals surface area (Å²) in [5, 5.41) is 0. The van der Waals surface area contributed by atoms with Crippen molar-refractivity contribution >= 4 is 18.6 Å². The summed E-state index contributed by atoms with van der Waals surface area (Å²) in [6.45, 7) is 0. The second kappa shape index (κ2) is 3.09. The van der Waals surface area contributed by atoms with E-state index in [4.69, 9.17) is 0 Å². The third kappa shape index (κ3) is 1.49. The Morgan fingerprint density at radius 2 is 2.15 bits per heavy atom. The van der Waals surface area contributed by atoms with E-state index in [1.165, 1.54) is 0 Å². The van der Waals surface area contributed by atoms with Crippen LogP contribution in [0.15, 0.2) is 24.9 Å². The zero-order valence-corrected chi connectivity index (χ0v) is 7.68. The van der Waals surface area contributed by atoms with Crippen molar-refractivity contribution in [3.05, 3.63) is 24.9 Å². The molecule has 0 aliphatic carbocycles. The van der Waals surface area contributed by atoms with Crippen LogP contribution in [0.2, 0.25) is 0 Å². The largest absolute Gasteiger partial charge is 0.382 e. The molecule has 66 valence electrons. The minimum absolute atomic E-state index is 0.934. The average molecular weight is 173 g/mol. The second-order valence-electron chi connectivity index (χ2n) is 2.97. The van der Waals surface area contributed by atoms with Crippen LogP contribution in [0, 0.1) is 0 Å². The number of rotatable bonds is 2. The fourth-order valence-electron chi connectivity index (χ4n) is 1.16. The maximum Gasteiger partial charge on any atom is 0.0910 e. The summed E-state index contributed by atoms with van der Waals surface area (Å²) in [5.74, 6) is 0. The Kier molecular flexibility index (Phi) is 1.92. The molecular formula is C8H10BN4-. The Morgan fingerprint density at radius 3 is 2.69 bits per heavy atom. The third-order valence-corrected chi connectivity index (χ3v) is 1.99. The van der Waals surface area contributed by atoms with Gasteiger partial charge in [0.15, 0.2) is 0 Å². The summed E-state index contributed by atoms with van der Waals surface area (Å²) in [7, 11) is 5.92. The molecule has 0 aromatic carbocycles. The molecule has 4 nitrogen and oxygen atoms in total. The molecule has 0 saturated heterocycles. The lowest BCUT2D eigenvalue weighted by atomic mass is 9.73. The minimum Gasteiger partial charge on any atom is -0.382 e. The highest BCUT2D eigenvalue weighted by atomic mass is 15.0. The van der Waals surface area contributed by atoms with Crippen LogP contribution in [0.1, 0.15) is 0 Å². The highest BCUT2D eigenvalue weighted by Gasteiger charge is 1.89. The molecule has 2 radical (unpaired) electrons. The molecule has 5 heteroatoms. The molecule has 13 heavy (non-hydrogen) atoms. The topological polar surface area (TPSA) is 35.6 Å². The first-order chi connectivity index (χ1) is 6.27. The molecule has 0 fully saturated rings. The van der Waals surface area contributed by atoms with Gasteiger partial charge < -0.3 is 9.13 Å². The minimum atomic E-state index is 0.934. The molecule has 2 aromatic heterocycles. The Morgan fingerprint density at radius 1 is 1.31 bits per heavy atom. The summed E-state index contributed by atoms with van der Waals surface area (Å²) in [6.07, 6.45) is 7.29. The van der Waals surface area contributed by atoms with Gasteiger partial charge in [-0.15, -0.1) is 5.72 Å². The van der Waals surface area contributed by atoms with Gasteiger partial charge in [0.25, 0.3) is 0 Å². The van der Waals surface area contributed by atoms with Crippen molar-refractivity contribution < 1.29 is 0 Å². The van der Waals surface area contributed by atoms with E-state index in [9.17, 15) is 0 Å². The number of nitrogens with zero attached hydrogens (tertiary/aromatic N) is 4. The molecule has 0 N–H and O–H groups in total. The van der Waals surface area contributed by atoms with Crippen molar-refractivity contribution in [2.45, 2.75) is 0 Å². The molecule has 0 bridgehead atoms. The van der Waals surface area contributed by atoms with Crippen molar-refractivity contribution in [3.8, 4) is 0 Å². The van der Waals surface area contributed by atoms with E-state index in [1.54, 1.807) is 12.5 Å². The molecule has 2 rings (SSSR count). The number of hydrogen-bond donors (Lipinski definition) is 0. The summed E-state index contributed by atoms with van der Waals surface area (Å²) in [6, 6.07) is 0. The number of hydrogen-bond acceptors (Lipinski definition) is 2. The molecule has 0 atom stereocenters. The summed E-state index contributed by atoms with van der Waals surface area (Å²) >= 11 is 0. The smallest absolute Gasteiger partial charge is 0.0910 e. The van der Waals surface area contributed by atoms with Gasteiger partial charge in [0.1, 0.15) is 0 Å². The zero-order valence-electron chi connectivity index (χ0n) is 7.68. The van der Waals surface area contributed by atoms with E-state index >= 15 is 0 Å². The van der Waals surface area contributed by atoms with Gasteiger partial charge in [0.05, 0.1) is 6.33 Å². The van der Waals surface area contributed by atoms with Gasteiger partial charge in [0.2, 0.25) is 0 Å². The Balaban J connectivity index is 2.24. The maximum absolute atomic E-state index is 4.20. The van der Waals surface area contributed by atoms with Crippen LogP contribution in [0.4, 0.5) is 0 Å². The number of aromatic nitrogens is 4. The van der Waals surface area contributed by atoms with Gasteiger partial charge in [0, 0.05) is 32.7 Å². The van der Waals surface area contributed by atoms with E-state index in [1.807, 2.05) is 42.9 Å². The van der Waals surface area contributed by atoms with Crippen molar-refractivity contribution in [1.29, 1.82) is 0 Å². The summed E-state index contributed by atoms with van der Waals surface area (Å²) < 4.78 is 3.92. The Labute approximate surface area is 77.5 Å². The predicted octanol–water partition coefficient (Wildman–Crippen LogP) is -1.19. The van der Waals surface area contributed by atoms with Crippen LogP contribution in [-0.4, -0.2) is 26.4 Å². The van der Waals surface area contributed by atoms with Gasteiger partial charge in [-0.1, -0.05) is 0 Å². The number of imidazole rings is 2. The van der Waals surface area contributed by atoms with Crippen LogP contribution in [-0.2, 0) is 14.1 Å². The van der Waals surface area contributed by atoms with Crippen molar-refractivity contribution in [3.63, 3.8) is 0 Å². The van der Waals surface area contributed by atoms with Crippen LogP contribution < -0.4 is 11.3 Å². The molecule has 2 aromatic rings. The average Bonchev–Trinajstić information content (AvgIpc) is 2.65. The molecule has 2 heterocycles. The standard InChI is InChI=1S/C8H10BN4/c1-12-4-3-11-8(12)9-7-5-10-6-13(7)2/h3-6H,1-2H3/q-1. The highest BCUT2D eigenvalue weighted by Crippen LogP contribution is 1.79. The van der Waals surface area contributed by atoms with E-state index in [-0.39, 0.29) is 0 Å². The van der Waals surface area contributed by atoms with Crippen LogP contribution in [0.25, 0.3) is 0 Å². The maximum atomic E-state index is 4.20. The van der Waals surface area contributed by atoms with Gasteiger partial charge in [-0.05, 0) is 0 Å². The monoisotopic (exact) mass is 173 g/mol. The van der Waals surface area contributed by atoms with E-state index in [2.05, 4.69) is 9.97 Å². The fourth-order valence-corrected chi connectivity index (χ4v) is 1.16. The van der Waals surface area contributed by atoms with Gasteiger partial charge in [-0.3, -0.25) is 4.98 Å². The van der Waals surface area contributed by atoms with Crippen molar-refractivity contribution in [2.24, 2.45) is 14.1 Å². The zero-order chi connectivity index (χ0) is 9.26. The molecule has 0 aliphatic rings. The normalized spacial score (nSPS) is 10.6. The molecule has 0 saturated carbocycles. The molecule has 0 amide bonds. The van der Waals surface area contributed by atoms with Crippen molar-refractivity contribution in [1.82, 2.24) is 19.1 Å². The third-order valence-electron chi connectivity index (χ3n) is 1.99. The second-order valence-corrected chi connectivity index (χ2v) is 2.97. The molecular weight excluding hydrogens is 163 g/mol. The molecule has 0 spiro atoms. The van der Waals surface area contributed by atoms with Crippen LogP contribution in [0.3, 0.4) is 0 Å². The SMILES string of the molecule is Cn1cncc1[B-]c1nccn1C. The van der Waals surface area contributed by atoms with Gasteiger partial charge in [-0.2, -0.15) is 12.9 Å². The quantitative estimate of drug-likeness (QED) is 0.535. The predicted molar refractivity (Wildman–Crippen MR) is 51.4 cm³/mol.